The van der Waals surface area contributed by atoms with Crippen LogP contribution >= 0.6 is 11.6 Å². The average molecular weight is 573 g/mol. The summed E-state index contributed by atoms with van der Waals surface area (Å²) in [5, 5.41) is 6.32. The Bertz CT molecular complexity index is 1810. The lowest BCUT2D eigenvalue weighted by Crippen LogP contribution is -2.25. The first kappa shape index (κ1) is 25.6. The van der Waals surface area contributed by atoms with Gasteiger partial charge in [-0.1, -0.05) is 23.7 Å². The molecule has 1 unspecified atom stereocenters. The van der Waals surface area contributed by atoms with Crippen LogP contribution in [0.5, 0.6) is 0 Å². The summed E-state index contributed by atoms with van der Waals surface area (Å²) in [7, 11) is 0. The van der Waals surface area contributed by atoms with E-state index in [1.165, 1.54) is 29.1 Å². The molecule has 3 N–H and O–H groups in total. The summed E-state index contributed by atoms with van der Waals surface area (Å²) in [6.07, 6.45) is 0.767. The molecule has 0 saturated heterocycles. The molecule has 5 heterocycles. The molecule has 11 nitrogen and oxygen atoms in total. The van der Waals surface area contributed by atoms with E-state index in [9.17, 15) is 18.0 Å². The molecule has 4 aromatic heterocycles. The minimum absolute atomic E-state index is 0.111. The number of aromatic nitrogens is 9. The third-order valence-corrected chi connectivity index (χ3v) is 6.82. The van der Waals surface area contributed by atoms with Crippen LogP contribution in [0, 0.1) is 5.82 Å². The molecule has 2 atom stereocenters. The second kappa shape index (κ2) is 9.22. The second-order valence-corrected chi connectivity index (χ2v) is 9.58. The number of nitrogens with one attached hydrogen (secondary N) is 1. The number of anilines is 1. The number of rotatable bonds is 4. The van der Waals surface area contributed by atoms with Gasteiger partial charge < -0.3 is 10.7 Å². The van der Waals surface area contributed by atoms with E-state index in [0.29, 0.717) is 35.7 Å². The first-order valence-corrected chi connectivity index (χ1v) is 12.1. The van der Waals surface area contributed by atoms with Gasteiger partial charge in [-0.3, -0.25) is 9.36 Å². The molecule has 40 heavy (non-hydrogen) atoms. The molecular formula is C24H17ClF4N10O. The molecule has 1 aliphatic rings. The lowest BCUT2D eigenvalue weighted by Gasteiger charge is -2.15. The smallest absolute Gasteiger partial charge is 0.382 e. The van der Waals surface area contributed by atoms with E-state index in [4.69, 9.17) is 17.3 Å². The number of nitrogens with two attached hydrogens (primary N) is 1. The quantitative estimate of drug-likeness (QED) is 0.305. The fourth-order valence-corrected chi connectivity index (χ4v) is 4.83. The Kier molecular flexibility index (Phi) is 5.90. The summed E-state index contributed by atoms with van der Waals surface area (Å²) < 4.78 is 57.0. The maximum absolute atomic E-state index is 15.4. The Morgan fingerprint density at radius 3 is 2.62 bits per heavy atom. The summed E-state index contributed by atoms with van der Waals surface area (Å²) in [5.41, 5.74) is 4.37. The highest BCUT2D eigenvalue weighted by atomic mass is 35.5. The number of nitrogens with zero attached hydrogens (tertiary/aromatic N) is 8. The van der Waals surface area contributed by atoms with Crippen molar-refractivity contribution in [3.63, 3.8) is 0 Å². The van der Waals surface area contributed by atoms with Crippen LogP contribution < -0.4 is 11.3 Å². The van der Waals surface area contributed by atoms with E-state index in [1.54, 1.807) is 6.20 Å². The number of imidazole rings is 1. The van der Waals surface area contributed by atoms with Crippen LogP contribution in [-0.4, -0.2) is 44.5 Å². The molecule has 16 heteroatoms. The Hall–Kier alpha value is -4.66. The number of nitrogen functional groups attached to an aromatic ring is 1. The second-order valence-electron chi connectivity index (χ2n) is 9.17. The lowest BCUT2D eigenvalue weighted by molar-refractivity contribution is -0.141. The molecule has 0 fully saturated rings. The van der Waals surface area contributed by atoms with Gasteiger partial charge in [0, 0.05) is 12.0 Å². The van der Waals surface area contributed by atoms with Crippen LogP contribution in [0.15, 0.2) is 47.8 Å². The predicted octanol–water partition coefficient (Wildman–Crippen LogP) is 4.16. The van der Waals surface area contributed by atoms with E-state index < -0.39 is 29.3 Å². The zero-order valence-corrected chi connectivity index (χ0v) is 21.1. The van der Waals surface area contributed by atoms with Crippen molar-refractivity contribution in [2.24, 2.45) is 0 Å². The summed E-state index contributed by atoms with van der Waals surface area (Å²) >= 11 is 6.01. The van der Waals surface area contributed by atoms with Crippen molar-refractivity contribution < 1.29 is 17.6 Å². The molecule has 1 aliphatic heterocycles. The van der Waals surface area contributed by atoms with Gasteiger partial charge in [0.05, 0.1) is 58.5 Å². The molecular weight excluding hydrogens is 556 g/mol. The van der Waals surface area contributed by atoms with Crippen molar-refractivity contribution in [1.29, 1.82) is 0 Å². The zero-order chi connectivity index (χ0) is 28.3. The Morgan fingerprint density at radius 2 is 1.93 bits per heavy atom. The zero-order valence-electron chi connectivity index (χ0n) is 20.4. The summed E-state index contributed by atoms with van der Waals surface area (Å²) in [4.78, 5) is 33.8. The van der Waals surface area contributed by atoms with Gasteiger partial charge in [0.2, 0.25) is 0 Å². The Balaban J connectivity index is 1.43. The van der Waals surface area contributed by atoms with Crippen molar-refractivity contribution in [1.82, 2.24) is 44.5 Å². The number of halogens is 5. The van der Waals surface area contributed by atoms with Crippen molar-refractivity contribution >= 4 is 17.4 Å². The number of hydrogen-bond donors (Lipinski definition) is 2. The SMILES string of the molecule is CC1C[C@@H](c2ncc(-c3cnc(N)cn3)[nH]2)n2c1nc(-c1c(-n3cc(C(F)(F)F)nn3)ccc(Cl)c1F)cc2=O. The van der Waals surface area contributed by atoms with Gasteiger partial charge >= 0.3 is 6.18 Å². The molecule has 0 saturated carbocycles. The highest BCUT2D eigenvalue weighted by Crippen LogP contribution is 2.39. The van der Waals surface area contributed by atoms with Crippen molar-refractivity contribution in [2.45, 2.75) is 31.5 Å². The molecule has 204 valence electrons. The van der Waals surface area contributed by atoms with Gasteiger partial charge in [-0.05, 0) is 18.6 Å². The third kappa shape index (κ3) is 4.27. The first-order valence-electron chi connectivity index (χ1n) is 11.8. The van der Waals surface area contributed by atoms with Gasteiger partial charge in [-0.15, -0.1) is 5.10 Å². The van der Waals surface area contributed by atoms with Crippen LogP contribution in [0.25, 0.3) is 28.3 Å². The summed E-state index contributed by atoms with van der Waals surface area (Å²) in [6, 6.07) is 3.04. The van der Waals surface area contributed by atoms with Crippen molar-refractivity contribution in [3.05, 3.63) is 81.5 Å². The summed E-state index contributed by atoms with van der Waals surface area (Å²) in [6.45, 7) is 1.85. The van der Waals surface area contributed by atoms with Crippen molar-refractivity contribution in [3.8, 4) is 28.3 Å². The van der Waals surface area contributed by atoms with Crippen LogP contribution in [-0.2, 0) is 6.18 Å². The minimum Gasteiger partial charge on any atom is -0.382 e. The first-order chi connectivity index (χ1) is 19.0. The molecule has 1 aromatic carbocycles. The number of benzene rings is 1. The molecule has 0 radical (unpaired) electrons. The van der Waals surface area contributed by atoms with Gasteiger partial charge in [0.15, 0.2) is 11.5 Å². The summed E-state index contributed by atoms with van der Waals surface area (Å²) in [5.74, 6) is -0.135. The van der Waals surface area contributed by atoms with Crippen LogP contribution in [0.4, 0.5) is 23.4 Å². The number of H-pyrrole nitrogens is 1. The van der Waals surface area contributed by atoms with Crippen LogP contribution in [0.1, 0.15) is 42.6 Å². The topological polar surface area (TPSA) is 146 Å². The number of alkyl halides is 3. The number of aromatic amines is 1. The fourth-order valence-electron chi connectivity index (χ4n) is 4.68. The molecule has 0 spiro atoms. The van der Waals surface area contributed by atoms with Crippen LogP contribution in [0.2, 0.25) is 5.02 Å². The fraction of sp³-hybridized carbons (Fsp3) is 0.208. The molecule has 5 aromatic rings. The van der Waals surface area contributed by atoms with E-state index in [2.05, 4.69) is 35.2 Å². The Morgan fingerprint density at radius 1 is 1.12 bits per heavy atom. The van der Waals surface area contributed by atoms with Crippen molar-refractivity contribution in [2.75, 3.05) is 5.73 Å². The molecule has 0 bridgehead atoms. The van der Waals surface area contributed by atoms with E-state index in [-0.39, 0.29) is 33.7 Å². The lowest BCUT2D eigenvalue weighted by atomic mass is 10.1. The van der Waals surface area contributed by atoms with E-state index in [0.717, 1.165) is 10.7 Å². The molecule has 0 amide bonds. The normalized spacial score (nSPS) is 16.9. The highest BCUT2D eigenvalue weighted by Gasteiger charge is 2.36. The van der Waals surface area contributed by atoms with Gasteiger partial charge in [-0.25, -0.2) is 29.0 Å². The predicted molar refractivity (Wildman–Crippen MR) is 134 cm³/mol. The van der Waals surface area contributed by atoms with Gasteiger partial charge in [0.25, 0.3) is 5.56 Å². The minimum atomic E-state index is -4.76. The number of fused-ring (bicyclic) bond motifs is 1. The van der Waals surface area contributed by atoms with Gasteiger partial charge in [-0.2, -0.15) is 13.2 Å². The van der Waals surface area contributed by atoms with E-state index in [1.807, 2.05) is 6.92 Å². The largest absolute Gasteiger partial charge is 0.436 e. The number of hydrogen-bond acceptors (Lipinski definition) is 8. The molecule has 6 rings (SSSR count). The standard InChI is InChI=1S/C24H17ClF4N10O/c1-10-4-16(22-33-7-14(34-22)13-6-32-18(30)8-31-13)39-19(40)5-12(35-23(10)39)20-15(3-2-11(25)21(20)26)38-9-17(36-37-38)24(27,28)29/h2-3,5-10,16H,4H2,1H3,(H2,30,32)(H,33,34)/t10?,16-/m0/s1. The third-order valence-electron chi connectivity index (χ3n) is 6.53. The van der Waals surface area contributed by atoms with E-state index >= 15 is 4.39 Å². The van der Waals surface area contributed by atoms with Gasteiger partial charge in [0.1, 0.15) is 23.2 Å². The monoisotopic (exact) mass is 572 g/mol. The maximum Gasteiger partial charge on any atom is 0.436 e. The average Bonchev–Trinajstić information content (AvgIpc) is 3.65. The highest BCUT2D eigenvalue weighted by molar-refractivity contribution is 6.31. The maximum atomic E-state index is 15.4. The molecule has 0 aliphatic carbocycles. The van der Waals surface area contributed by atoms with Crippen LogP contribution in [0.3, 0.4) is 0 Å². The Labute approximate surface area is 226 Å².